The molecule has 1 aromatic heterocycles. The number of nitrogens with one attached hydrogen (secondary N) is 1. The van der Waals surface area contributed by atoms with Crippen LogP contribution >= 0.6 is 11.6 Å². The van der Waals surface area contributed by atoms with Crippen molar-refractivity contribution in [2.75, 3.05) is 6.26 Å². The quantitative estimate of drug-likeness (QED) is 0.663. The van der Waals surface area contributed by atoms with Crippen LogP contribution < -0.4 is 5.36 Å². The van der Waals surface area contributed by atoms with Crippen LogP contribution in [0, 0.1) is 5.41 Å². The standard InChI is InChI=1S/C13H15ClN2O4S/c1-4-9-11(6-5-8(2)14)19-7-10(12(9)15)13-16(20-13)21(3,17)18/h5-7,13,15H,2,4H2,1,3H3/b6-5-,15-12?. The molecule has 114 valence electrons. The first kappa shape index (κ1) is 16.0. The minimum atomic E-state index is -3.45. The minimum absolute atomic E-state index is 0.194. The highest BCUT2D eigenvalue weighted by Gasteiger charge is 2.47. The smallest absolute Gasteiger partial charge is 0.236 e. The molecule has 1 aliphatic heterocycles. The van der Waals surface area contributed by atoms with Crippen molar-refractivity contribution in [2.45, 2.75) is 19.6 Å². The molecular weight excluding hydrogens is 316 g/mol. The van der Waals surface area contributed by atoms with Gasteiger partial charge in [0.05, 0.1) is 17.2 Å². The summed E-state index contributed by atoms with van der Waals surface area (Å²) in [5, 5.41) is 8.73. The van der Waals surface area contributed by atoms with Crippen LogP contribution in [0.5, 0.6) is 0 Å². The Labute approximate surface area is 127 Å². The summed E-state index contributed by atoms with van der Waals surface area (Å²) in [7, 11) is -3.45. The van der Waals surface area contributed by atoms with E-state index in [1.54, 1.807) is 12.2 Å². The third-order valence-electron chi connectivity index (χ3n) is 2.91. The molecule has 0 aliphatic carbocycles. The van der Waals surface area contributed by atoms with Crippen LogP contribution in [-0.4, -0.2) is 19.1 Å². The summed E-state index contributed by atoms with van der Waals surface area (Å²) in [5.74, 6) is 0.486. The lowest BCUT2D eigenvalue weighted by atomic mass is 10.1. The number of allylic oxidation sites excluding steroid dienone is 2. The Kier molecular flexibility index (Phi) is 4.38. The van der Waals surface area contributed by atoms with Crippen LogP contribution in [0.1, 0.15) is 30.0 Å². The van der Waals surface area contributed by atoms with Crippen molar-refractivity contribution in [2.24, 2.45) is 0 Å². The maximum Gasteiger partial charge on any atom is 0.236 e. The molecular formula is C13H15ClN2O4S. The number of nitrogens with zero attached hydrogens (tertiary/aromatic N) is 1. The highest BCUT2D eigenvalue weighted by molar-refractivity contribution is 7.88. The van der Waals surface area contributed by atoms with Gasteiger partial charge in [-0.3, -0.25) is 10.2 Å². The molecule has 1 aliphatic rings. The molecule has 1 aromatic rings. The van der Waals surface area contributed by atoms with Gasteiger partial charge in [0.25, 0.3) is 0 Å². The van der Waals surface area contributed by atoms with Gasteiger partial charge in [0, 0.05) is 10.6 Å². The topological polar surface area (TPSA) is 86.7 Å². The van der Waals surface area contributed by atoms with Gasteiger partial charge in [-0.15, -0.1) is 0 Å². The van der Waals surface area contributed by atoms with Crippen LogP contribution in [0.4, 0.5) is 0 Å². The van der Waals surface area contributed by atoms with Gasteiger partial charge in [0.15, 0.2) is 0 Å². The number of halogens is 1. The number of rotatable bonds is 5. The van der Waals surface area contributed by atoms with Crippen LogP contribution in [0.3, 0.4) is 0 Å². The van der Waals surface area contributed by atoms with E-state index < -0.39 is 16.3 Å². The normalized spacial score (nSPS) is 21.7. The number of hydrogen-bond acceptors (Lipinski definition) is 5. The predicted octanol–water partition coefficient (Wildman–Crippen LogP) is 2.29. The van der Waals surface area contributed by atoms with Crippen molar-refractivity contribution in [3.8, 4) is 0 Å². The molecule has 21 heavy (non-hydrogen) atoms. The molecule has 2 unspecified atom stereocenters. The molecule has 0 spiro atoms. The first-order valence-electron chi connectivity index (χ1n) is 6.13. The second-order valence-corrected chi connectivity index (χ2v) is 6.83. The Bertz CT molecular complexity index is 767. The fourth-order valence-electron chi connectivity index (χ4n) is 1.89. The van der Waals surface area contributed by atoms with E-state index in [2.05, 4.69) is 6.58 Å². The molecule has 0 radical (unpaired) electrons. The molecule has 1 fully saturated rings. The maximum absolute atomic E-state index is 11.4. The number of hydrogen-bond donors (Lipinski definition) is 1. The molecule has 2 heterocycles. The number of hydroxylamine groups is 1. The SMILES string of the molecule is C=C(Cl)/C=C\c1occ(C2ON2S(C)(=O)=O)c(=N)c1CC. The van der Waals surface area contributed by atoms with Crippen molar-refractivity contribution >= 4 is 27.7 Å². The lowest BCUT2D eigenvalue weighted by Gasteiger charge is -2.05. The molecule has 8 heteroatoms. The lowest BCUT2D eigenvalue weighted by Crippen LogP contribution is -2.18. The lowest BCUT2D eigenvalue weighted by molar-refractivity contribution is 0.283. The Morgan fingerprint density at radius 3 is 2.76 bits per heavy atom. The van der Waals surface area contributed by atoms with Gasteiger partial charge in [-0.25, -0.2) is 8.42 Å². The van der Waals surface area contributed by atoms with Crippen molar-refractivity contribution in [1.29, 1.82) is 5.41 Å². The van der Waals surface area contributed by atoms with Crippen LogP contribution in [0.2, 0.25) is 0 Å². The summed E-state index contributed by atoms with van der Waals surface area (Å²) in [6.45, 7) is 5.41. The molecule has 0 saturated carbocycles. The van der Waals surface area contributed by atoms with E-state index in [-0.39, 0.29) is 5.36 Å². The molecule has 1 saturated heterocycles. The predicted molar refractivity (Wildman–Crippen MR) is 78.5 cm³/mol. The molecule has 6 nitrogen and oxygen atoms in total. The van der Waals surface area contributed by atoms with Crippen LogP contribution in [0.15, 0.2) is 28.4 Å². The van der Waals surface area contributed by atoms with Gasteiger partial charge in [-0.1, -0.05) is 25.1 Å². The third-order valence-corrected chi connectivity index (χ3v) is 3.97. The second-order valence-electron chi connectivity index (χ2n) is 4.52. The van der Waals surface area contributed by atoms with E-state index >= 15 is 0 Å². The second kappa shape index (κ2) is 5.76. The Balaban J connectivity index is 2.40. The highest BCUT2D eigenvalue weighted by atomic mass is 35.5. The van der Waals surface area contributed by atoms with Crippen molar-refractivity contribution < 1.29 is 17.7 Å². The van der Waals surface area contributed by atoms with Crippen molar-refractivity contribution in [1.82, 2.24) is 4.47 Å². The highest BCUT2D eigenvalue weighted by Crippen LogP contribution is 2.38. The molecule has 1 N–H and O–H groups in total. The molecule has 0 amide bonds. The van der Waals surface area contributed by atoms with E-state index in [9.17, 15) is 8.42 Å². The van der Waals surface area contributed by atoms with Crippen molar-refractivity contribution in [3.05, 3.63) is 46.2 Å². The number of sulfonamides is 1. The zero-order valence-electron chi connectivity index (χ0n) is 11.6. The average Bonchev–Trinajstić information content (AvgIpc) is 3.16. The monoisotopic (exact) mass is 330 g/mol. The summed E-state index contributed by atoms with van der Waals surface area (Å²) in [6.07, 6.45) is 5.32. The fraction of sp³-hybridized carbons (Fsp3) is 0.308. The summed E-state index contributed by atoms with van der Waals surface area (Å²) in [4.78, 5) is 5.00. The van der Waals surface area contributed by atoms with Gasteiger partial charge in [-0.05, 0) is 23.0 Å². The minimum Gasteiger partial charge on any atom is -0.464 e. The van der Waals surface area contributed by atoms with Gasteiger partial charge in [0.2, 0.25) is 16.3 Å². The van der Waals surface area contributed by atoms with E-state index in [1.165, 1.54) is 6.26 Å². The van der Waals surface area contributed by atoms with Gasteiger partial charge in [-0.2, -0.15) is 0 Å². The Morgan fingerprint density at radius 1 is 1.62 bits per heavy atom. The van der Waals surface area contributed by atoms with E-state index in [1.807, 2.05) is 6.92 Å². The van der Waals surface area contributed by atoms with Gasteiger partial charge in [0.1, 0.15) is 12.0 Å². The van der Waals surface area contributed by atoms with Crippen LogP contribution in [-0.2, 0) is 21.3 Å². The molecule has 2 rings (SSSR count). The molecule has 0 aromatic carbocycles. The first-order chi connectivity index (χ1) is 9.75. The molecule has 0 bridgehead atoms. The zero-order chi connectivity index (χ0) is 15.8. The van der Waals surface area contributed by atoms with Crippen molar-refractivity contribution in [3.63, 3.8) is 0 Å². The summed E-state index contributed by atoms with van der Waals surface area (Å²) < 4.78 is 29.0. The average molecular weight is 331 g/mol. The summed E-state index contributed by atoms with van der Waals surface area (Å²) >= 11 is 5.66. The Morgan fingerprint density at radius 2 is 2.29 bits per heavy atom. The van der Waals surface area contributed by atoms with Crippen LogP contribution in [0.25, 0.3) is 6.08 Å². The van der Waals surface area contributed by atoms with E-state index in [0.29, 0.717) is 28.3 Å². The van der Waals surface area contributed by atoms with Gasteiger partial charge >= 0.3 is 0 Å². The molecule has 2 atom stereocenters. The maximum atomic E-state index is 11.4. The largest absolute Gasteiger partial charge is 0.464 e. The Hall–Kier alpha value is -1.41. The summed E-state index contributed by atoms with van der Waals surface area (Å²) in [5.41, 5.74) is 1.02. The zero-order valence-corrected chi connectivity index (χ0v) is 13.2. The first-order valence-corrected chi connectivity index (χ1v) is 8.36. The van der Waals surface area contributed by atoms with Gasteiger partial charge < -0.3 is 4.42 Å². The summed E-state index contributed by atoms with van der Waals surface area (Å²) in [6, 6.07) is 0. The third kappa shape index (κ3) is 3.44. The van der Waals surface area contributed by atoms with E-state index in [4.69, 9.17) is 26.3 Å². The fourth-order valence-corrected chi connectivity index (χ4v) is 2.65. The van der Waals surface area contributed by atoms with E-state index in [0.717, 1.165) is 10.7 Å².